The smallest absolute Gasteiger partial charge is 0.408 e. The highest BCUT2D eigenvalue weighted by atomic mass is 16.5. The third-order valence-electron chi connectivity index (χ3n) is 8.62. The van der Waals surface area contributed by atoms with Crippen LogP contribution in [0.3, 0.4) is 0 Å². The van der Waals surface area contributed by atoms with Crippen LogP contribution in [0.5, 0.6) is 0 Å². The molecule has 8 heteroatoms. The Hall–Kier alpha value is -2.87. The number of hydroxylamine groups is 1. The maximum Gasteiger partial charge on any atom is 0.408 e. The lowest BCUT2D eigenvalue weighted by molar-refractivity contribution is -0.149. The number of piperidine rings is 1. The van der Waals surface area contributed by atoms with Gasteiger partial charge in [0.1, 0.15) is 6.04 Å². The molecule has 4 atom stereocenters. The highest BCUT2D eigenvalue weighted by Gasteiger charge is 2.64. The van der Waals surface area contributed by atoms with E-state index in [0.29, 0.717) is 31.3 Å². The van der Waals surface area contributed by atoms with E-state index >= 15 is 0 Å². The van der Waals surface area contributed by atoms with Crippen molar-refractivity contribution in [2.75, 3.05) is 19.6 Å². The molecule has 1 saturated heterocycles. The fourth-order valence-electron chi connectivity index (χ4n) is 6.85. The van der Waals surface area contributed by atoms with Crippen LogP contribution in [0.15, 0.2) is 36.4 Å². The van der Waals surface area contributed by atoms with Gasteiger partial charge in [-0.1, -0.05) is 68.5 Å². The molecule has 8 nitrogen and oxygen atoms in total. The SMILES string of the molecule is O=C(NO)C1CC2(CC2C2CCCCC2)CN(C(=O)O)C1C(=O)N1CC=C(c2ccccc2)C1. The molecule has 4 aliphatic rings. The van der Waals surface area contributed by atoms with Crippen LogP contribution in [0.1, 0.15) is 50.5 Å². The molecule has 1 aromatic rings. The Morgan fingerprint density at radius 3 is 2.44 bits per heavy atom. The van der Waals surface area contributed by atoms with Gasteiger partial charge in [0, 0.05) is 19.6 Å². The van der Waals surface area contributed by atoms with Crippen LogP contribution in [0.2, 0.25) is 0 Å². The monoisotopic (exact) mass is 467 g/mol. The van der Waals surface area contributed by atoms with E-state index in [1.165, 1.54) is 24.2 Å². The summed E-state index contributed by atoms with van der Waals surface area (Å²) < 4.78 is 0. The molecule has 0 radical (unpaired) electrons. The number of rotatable bonds is 4. The average molecular weight is 468 g/mol. The number of nitrogens with one attached hydrogen (secondary N) is 1. The van der Waals surface area contributed by atoms with Crippen molar-refractivity contribution >= 4 is 23.5 Å². The number of carbonyl (C=O) groups is 3. The molecular weight excluding hydrogens is 434 g/mol. The minimum atomic E-state index is -1.18. The number of carbonyl (C=O) groups excluding carboxylic acids is 2. The zero-order chi connectivity index (χ0) is 23.9. The van der Waals surface area contributed by atoms with Crippen LogP contribution >= 0.6 is 0 Å². The van der Waals surface area contributed by atoms with E-state index in [0.717, 1.165) is 30.4 Å². The number of benzene rings is 1. The zero-order valence-electron chi connectivity index (χ0n) is 19.4. The molecule has 182 valence electrons. The summed E-state index contributed by atoms with van der Waals surface area (Å²) in [7, 11) is 0. The van der Waals surface area contributed by atoms with Gasteiger partial charge in [-0.25, -0.2) is 10.3 Å². The lowest BCUT2D eigenvalue weighted by atomic mass is 9.75. The predicted molar refractivity (Wildman–Crippen MR) is 125 cm³/mol. The van der Waals surface area contributed by atoms with E-state index in [2.05, 4.69) is 0 Å². The van der Waals surface area contributed by atoms with Crippen LogP contribution in [0.4, 0.5) is 4.79 Å². The second kappa shape index (κ2) is 9.06. The summed E-state index contributed by atoms with van der Waals surface area (Å²) in [5, 5.41) is 19.6. The molecule has 5 rings (SSSR count). The molecule has 2 aliphatic heterocycles. The Bertz CT molecular complexity index is 989. The highest BCUT2D eigenvalue weighted by Crippen LogP contribution is 2.64. The fraction of sp³-hybridized carbons (Fsp3) is 0.577. The molecule has 2 saturated carbocycles. The van der Waals surface area contributed by atoms with E-state index < -0.39 is 24.0 Å². The van der Waals surface area contributed by atoms with Crippen molar-refractivity contribution in [2.24, 2.45) is 23.2 Å². The second-order valence-electron chi connectivity index (χ2n) is 10.5. The van der Waals surface area contributed by atoms with Crippen molar-refractivity contribution in [1.29, 1.82) is 0 Å². The first-order valence-electron chi connectivity index (χ1n) is 12.4. The van der Waals surface area contributed by atoms with Crippen molar-refractivity contribution in [3.05, 3.63) is 42.0 Å². The minimum absolute atomic E-state index is 0.271. The summed E-state index contributed by atoms with van der Waals surface area (Å²) in [5.74, 6) is -1.00. The first kappa shape index (κ1) is 22.9. The molecule has 4 unspecified atom stereocenters. The topological polar surface area (TPSA) is 110 Å². The Balaban J connectivity index is 1.37. The average Bonchev–Trinajstić information content (AvgIpc) is 3.32. The van der Waals surface area contributed by atoms with Crippen LogP contribution in [-0.4, -0.2) is 63.7 Å². The van der Waals surface area contributed by atoms with Gasteiger partial charge in [0.2, 0.25) is 11.8 Å². The van der Waals surface area contributed by atoms with E-state index in [4.69, 9.17) is 0 Å². The van der Waals surface area contributed by atoms with Gasteiger partial charge in [-0.2, -0.15) is 0 Å². The molecular formula is C26H33N3O5. The highest BCUT2D eigenvalue weighted by molar-refractivity contribution is 5.94. The summed E-state index contributed by atoms with van der Waals surface area (Å²) in [6.07, 6.45) is 8.08. The molecule has 0 bridgehead atoms. The lowest BCUT2D eigenvalue weighted by Gasteiger charge is -2.44. The van der Waals surface area contributed by atoms with Gasteiger partial charge >= 0.3 is 6.09 Å². The summed E-state index contributed by atoms with van der Waals surface area (Å²) in [5.41, 5.74) is 3.48. The molecule has 2 heterocycles. The maximum absolute atomic E-state index is 13.7. The van der Waals surface area contributed by atoms with Crippen LogP contribution in [0, 0.1) is 23.2 Å². The summed E-state index contributed by atoms with van der Waals surface area (Å²) >= 11 is 0. The van der Waals surface area contributed by atoms with E-state index in [1.807, 2.05) is 36.4 Å². The fourth-order valence-corrected chi connectivity index (χ4v) is 6.85. The summed E-state index contributed by atoms with van der Waals surface area (Å²) in [6.45, 7) is 1.02. The third-order valence-corrected chi connectivity index (χ3v) is 8.62. The van der Waals surface area contributed by atoms with Crippen LogP contribution in [-0.2, 0) is 9.59 Å². The number of hydrogen-bond acceptors (Lipinski definition) is 4. The summed E-state index contributed by atoms with van der Waals surface area (Å²) in [4.78, 5) is 41.6. The van der Waals surface area contributed by atoms with Gasteiger partial charge in [-0.05, 0) is 41.2 Å². The van der Waals surface area contributed by atoms with Crippen LogP contribution in [0.25, 0.3) is 5.57 Å². The summed E-state index contributed by atoms with van der Waals surface area (Å²) in [6, 6.07) is 8.64. The van der Waals surface area contributed by atoms with Crippen molar-refractivity contribution in [2.45, 2.75) is 51.0 Å². The first-order chi connectivity index (χ1) is 16.4. The standard InChI is InChI=1S/C26H33N3O5/c30-23(27-34)20-13-26(14-21(26)18-9-5-2-6-10-18)16-29(25(32)33)22(20)24(31)28-12-11-19(15-28)17-7-3-1-4-8-17/h1,3-4,7-8,11,18,20-22,34H,2,5-6,9-10,12-16H2,(H,27,30)(H,32,33). The van der Waals surface area contributed by atoms with Gasteiger partial charge in [0.25, 0.3) is 0 Å². The molecule has 2 aliphatic carbocycles. The lowest BCUT2D eigenvalue weighted by Crippen LogP contribution is -2.61. The minimum Gasteiger partial charge on any atom is -0.465 e. The molecule has 3 N–H and O–H groups in total. The number of likely N-dealkylation sites (tertiary alicyclic amines) is 1. The van der Waals surface area contributed by atoms with Gasteiger partial charge in [-0.15, -0.1) is 0 Å². The molecule has 34 heavy (non-hydrogen) atoms. The van der Waals surface area contributed by atoms with E-state index in [9.17, 15) is 24.7 Å². The van der Waals surface area contributed by atoms with Crippen molar-refractivity contribution in [3.63, 3.8) is 0 Å². The Kier molecular flexibility index (Phi) is 6.10. The quantitative estimate of drug-likeness (QED) is 0.465. The molecule has 3 fully saturated rings. The van der Waals surface area contributed by atoms with Gasteiger partial charge in [-0.3, -0.25) is 19.7 Å². The first-order valence-corrected chi connectivity index (χ1v) is 12.4. The van der Waals surface area contributed by atoms with Crippen molar-refractivity contribution in [3.8, 4) is 0 Å². The van der Waals surface area contributed by atoms with Crippen molar-refractivity contribution < 1.29 is 24.7 Å². The molecule has 0 aromatic heterocycles. The van der Waals surface area contributed by atoms with E-state index in [1.54, 1.807) is 10.4 Å². The maximum atomic E-state index is 13.7. The Morgan fingerprint density at radius 2 is 1.76 bits per heavy atom. The van der Waals surface area contributed by atoms with Gasteiger partial charge < -0.3 is 10.0 Å². The number of hydrogen-bond donors (Lipinski definition) is 3. The molecule has 1 spiro atoms. The van der Waals surface area contributed by atoms with E-state index in [-0.39, 0.29) is 17.9 Å². The largest absolute Gasteiger partial charge is 0.465 e. The Labute approximate surface area is 199 Å². The van der Waals surface area contributed by atoms with Gasteiger partial charge in [0.05, 0.1) is 5.92 Å². The zero-order valence-corrected chi connectivity index (χ0v) is 19.4. The third kappa shape index (κ3) is 4.08. The predicted octanol–water partition coefficient (Wildman–Crippen LogP) is 3.37. The molecule has 1 aromatic carbocycles. The number of carboxylic acid groups (broad SMARTS) is 1. The molecule has 3 amide bonds. The van der Waals surface area contributed by atoms with Gasteiger partial charge in [0.15, 0.2) is 0 Å². The number of nitrogens with zero attached hydrogens (tertiary/aromatic N) is 2. The number of amides is 3. The second-order valence-corrected chi connectivity index (χ2v) is 10.5. The van der Waals surface area contributed by atoms with Crippen LogP contribution < -0.4 is 5.48 Å². The normalized spacial score (nSPS) is 31.3. The Morgan fingerprint density at radius 1 is 1.03 bits per heavy atom. The van der Waals surface area contributed by atoms with Crippen molar-refractivity contribution in [1.82, 2.24) is 15.3 Å².